The van der Waals surface area contributed by atoms with Crippen LogP contribution in [0.25, 0.3) is 0 Å². The van der Waals surface area contributed by atoms with E-state index in [1.54, 1.807) is 4.90 Å². The molecule has 134 valence electrons. The largest absolute Gasteiger partial charge is 0.395 e. The molecule has 0 aromatic heterocycles. The van der Waals surface area contributed by atoms with Crippen LogP contribution >= 0.6 is 0 Å². The average Bonchev–Trinajstić information content (AvgIpc) is 2.52. The number of hydrogen-bond acceptors (Lipinski definition) is 3. The third-order valence-electron chi connectivity index (χ3n) is 3.51. The Kier molecular flexibility index (Phi) is 8.47. The van der Waals surface area contributed by atoms with E-state index < -0.39 is 11.8 Å². The summed E-state index contributed by atoms with van der Waals surface area (Å²) in [5.74, 6) is -0.446. The minimum Gasteiger partial charge on any atom is -0.395 e. The van der Waals surface area contributed by atoms with Gasteiger partial charge in [0.25, 0.3) is 0 Å². The number of carbonyl (C=O) groups excluding carboxylic acids is 2. The van der Waals surface area contributed by atoms with E-state index in [-0.39, 0.29) is 13.2 Å². The molecule has 0 spiro atoms. The van der Waals surface area contributed by atoms with Crippen LogP contribution in [0.3, 0.4) is 0 Å². The summed E-state index contributed by atoms with van der Waals surface area (Å²) in [7, 11) is 0. The molecule has 0 saturated carbocycles. The molecule has 0 aliphatic heterocycles. The van der Waals surface area contributed by atoms with E-state index in [9.17, 15) is 14.7 Å². The van der Waals surface area contributed by atoms with Gasteiger partial charge in [-0.3, -0.25) is 9.59 Å². The Bertz CT molecular complexity index is 505. The first-order valence-electron chi connectivity index (χ1n) is 8.58. The van der Waals surface area contributed by atoms with Crippen molar-refractivity contribution in [1.29, 1.82) is 0 Å². The first kappa shape index (κ1) is 20.2. The highest BCUT2D eigenvalue weighted by Crippen LogP contribution is 2.09. The zero-order chi connectivity index (χ0) is 18.1. The molecule has 5 nitrogen and oxygen atoms in total. The van der Waals surface area contributed by atoms with Gasteiger partial charge in [0.1, 0.15) is 0 Å². The van der Waals surface area contributed by atoms with Crippen molar-refractivity contribution in [3.8, 4) is 0 Å². The van der Waals surface area contributed by atoms with Crippen molar-refractivity contribution in [3.05, 3.63) is 35.9 Å². The maximum atomic E-state index is 12.7. The molecule has 0 radical (unpaired) electrons. The van der Waals surface area contributed by atoms with Crippen LogP contribution in [0.2, 0.25) is 0 Å². The number of carbonyl (C=O) groups is 2. The van der Waals surface area contributed by atoms with E-state index in [4.69, 9.17) is 0 Å². The second-order valence-electron chi connectivity index (χ2n) is 6.93. The highest BCUT2D eigenvalue weighted by molar-refractivity contribution is 6.34. The number of nitrogens with zero attached hydrogens (tertiary/aromatic N) is 2. The van der Waals surface area contributed by atoms with Crippen molar-refractivity contribution in [2.45, 2.75) is 34.2 Å². The van der Waals surface area contributed by atoms with Gasteiger partial charge in [-0.15, -0.1) is 0 Å². The lowest BCUT2D eigenvalue weighted by atomic mass is 10.1. The third kappa shape index (κ3) is 6.71. The topological polar surface area (TPSA) is 60.9 Å². The lowest BCUT2D eigenvalue weighted by molar-refractivity contribution is -0.153. The van der Waals surface area contributed by atoms with Crippen LogP contribution in [-0.2, 0) is 16.1 Å². The molecule has 0 atom stereocenters. The molecular weight excluding hydrogens is 304 g/mol. The average molecular weight is 334 g/mol. The number of amides is 2. The number of rotatable bonds is 8. The molecule has 24 heavy (non-hydrogen) atoms. The van der Waals surface area contributed by atoms with Gasteiger partial charge in [0.05, 0.1) is 6.61 Å². The van der Waals surface area contributed by atoms with Crippen LogP contribution in [0.15, 0.2) is 30.3 Å². The molecule has 2 amide bonds. The smallest absolute Gasteiger partial charge is 0.312 e. The van der Waals surface area contributed by atoms with Gasteiger partial charge in [-0.25, -0.2) is 0 Å². The van der Waals surface area contributed by atoms with Crippen LogP contribution in [-0.4, -0.2) is 53.0 Å². The zero-order valence-corrected chi connectivity index (χ0v) is 15.2. The number of hydrogen-bond donors (Lipinski definition) is 1. The van der Waals surface area contributed by atoms with Gasteiger partial charge in [0, 0.05) is 26.2 Å². The monoisotopic (exact) mass is 334 g/mol. The maximum Gasteiger partial charge on any atom is 0.312 e. The molecule has 0 heterocycles. The molecule has 1 N–H and O–H groups in total. The van der Waals surface area contributed by atoms with Crippen LogP contribution in [0.5, 0.6) is 0 Å². The molecule has 0 fully saturated rings. The lowest BCUT2D eigenvalue weighted by Crippen LogP contribution is -2.48. The third-order valence-corrected chi connectivity index (χ3v) is 3.51. The number of benzene rings is 1. The van der Waals surface area contributed by atoms with Gasteiger partial charge in [-0.1, -0.05) is 58.0 Å². The van der Waals surface area contributed by atoms with E-state index in [0.717, 1.165) is 5.56 Å². The van der Waals surface area contributed by atoms with Gasteiger partial charge >= 0.3 is 11.8 Å². The molecule has 0 unspecified atom stereocenters. The summed E-state index contributed by atoms with van der Waals surface area (Å²) in [6.07, 6.45) is 0. The summed E-state index contributed by atoms with van der Waals surface area (Å²) in [6, 6.07) is 9.50. The molecular formula is C19H30N2O3. The minimum absolute atomic E-state index is 0.149. The lowest BCUT2D eigenvalue weighted by Gasteiger charge is -2.29. The van der Waals surface area contributed by atoms with Crippen LogP contribution < -0.4 is 0 Å². The summed E-state index contributed by atoms with van der Waals surface area (Å²) in [6.45, 7) is 9.53. The summed E-state index contributed by atoms with van der Waals surface area (Å²) < 4.78 is 0. The summed E-state index contributed by atoms with van der Waals surface area (Å²) in [4.78, 5) is 28.4. The molecule has 0 aliphatic rings. The van der Waals surface area contributed by atoms with Crippen LogP contribution in [0.4, 0.5) is 0 Å². The highest BCUT2D eigenvalue weighted by atomic mass is 16.3. The van der Waals surface area contributed by atoms with Gasteiger partial charge in [-0.2, -0.15) is 0 Å². The molecule has 1 aromatic rings. The first-order valence-corrected chi connectivity index (χ1v) is 8.58. The molecule has 0 saturated heterocycles. The van der Waals surface area contributed by atoms with E-state index in [2.05, 4.69) is 0 Å². The van der Waals surface area contributed by atoms with Gasteiger partial charge < -0.3 is 14.9 Å². The molecule has 0 aliphatic carbocycles. The van der Waals surface area contributed by atoms with Crippen molar-refractivity contribution in [2.24, 2.45) is 11.8 Å². The van der Waals surface area contributed by atoms with Crippen molar-refractivity contribution < 1.29 is 14.7 Å². The predicted octanol–water partition coefficient (Wildman–Crippen LogP) is 2.15. The Hall–Kier alpha value is -1.88. The maximum absolute atomic E-state index is 12.7. The van der Waals surface area contributed by atoms with Crippen molar-refractivity contribution >= 4 is 11.8 Å². The van der Waals surface area contributed by atoms with E-state index in [1.807, 2.05) is 58.0 Å². The fourth-order valence-electron chi connectivity index (χ4n) is 2.57. The second-order valence-corrected chi connectivity index (χ2v) is 6.93. The standard InChI is InChI=1S/C19H30N2O3/c1-15(2)12-21(13-16(3)4)19(24)18(23)20(10-11-22)14-17-8-6-5-7-9-17/h5-9,15-16,22H,10-14H2,1-4H3. The van der Waals surface area contributed by atoms with Crippen molar-refractivity contribution in [1.82, 2.24) is 9.80 Å². The molecule has 1 rings (SSSR count). The van der Waals surface area contributed by atoms with Gasteiger partial charge in [-0.05, 0) is 17.4 Å². The Morgan fingerprint density at radius 1 is 0.917 bits per heavy atom. The quantitative estimate of drug-likeness (QED) is 0.741. The first-order chi connectivity index (χ1) is 11.3. The van der Waals surface area contributed by atoms with E-state index in [1.165, 1.54) is 4.90 Å². The Morgan fingerprint density at radius 2 is 1.42 bits per heavy atom. The summed E-state index contributed by atoms with van der Waals surface area (Å²) >= 11 is 0. The number of aliphatic hydroxyl groups is 1. The summed E-state index contributed by atoms with van der Waals surface area (Å²) in [5.41, 5.74) is 0.936. The van der Waals surface area contributed by atoms with E-state index in [0.29, 0.717) is 31.5 Å². The van der Waals surface area contributed by atoms with Crippen molar-refractivity contribution in [2.75, 3.05) is 26.2 Å². The zero-order valence-electron chi connectivity index (χ0n) is 15.2. The Labute approximate surface area is 145 Å². The minimum atomic E-state index is -0.547. The Morgan fingerprint density at radius 3 is 1.88 bits per heavy atom. The summed E-state index contributed by atoms with van der Waals surface area (Å²) in [5, 5.41) is 9.26. The van der Waals surface area contributed by atoms with Gasteiger partial charge in [0.15, 0.2) is 0 Å². The molecule has 1 aromatic carbocycles. The highest BCUT2D eigenvalue weighted by Gasteiger charge is 2.27. The fraction of sp³-hybridized carbons (Fsp3) is 0.579. The Balaban J connectivity index is 2.87. The molecule has 0 bridgehead atoms. The predicted molar refractivity (Wildman–Crippen MR) is 95.2 cm³/mol. The molecule has 5 heteroatoms. The SMILES string of the molecule is CC(C)CN(CC(C)C)C(=O)C(=O)N(CCO)Cc1ccccc1. The van der Waals surface area contributed by atoms with Crippen molar-refractivity contribution in [3.63, 3.8) is 0 Å². The van der Waals surface area contributed by atoms with Crippen LogP contribution in [0, 0.1) is 11.8 Å². The van der Waals surface area contributed by atoms with Crippen LogP contribution in [0.1, 0.15) is 33.3 Å². The normalized spacial score (nSPS) is 11.0. The van der Waals surface area contributed by atoms with E-state index >= 15 is 0 Å². The van der Waals surface area contributed by atoms with Gasteiger partial charge in [0.2, 0.25) is 0 Å². The number of aliphatic hydroxyl groups excluding tert-OH is 1. The fourth-order valence-corrected chi connectivity index (χ4v) is 2.57. The second kappa shape index (κ2) is 10.1.